The van der Waals surface area contributed by atoms with Crippen molar-refractivity contribution in [2.75, 3.05) is 9.80 Å². The van der Waals surface area contributed by atoms with Gasteiger partial charge in [-0.2, -0.15) is 0 Å². The van der Waals surface area contributed by atoms with Crippen molar-refractivity contribution in [3.05, 3.63) is 242 Å². The third kappa shape index (κ3) is 6.00. The molecule has 60 heavy (non-hydrogen) atoms. The van der Waals surface area contributed by atoms with Crippen LogP contribution in [0.4, 0.5) is 34.1 Å². The Hall–Kier alpha value is -7.24. The largest absolute Gasteiger partial charge is 0.311 e. The second-order valence-corrected chi connectivity index (χ2v) is 20.0. The number of thiophene rings is 1. The molecule has 0 atom stereocenters. The topological polar surface area (TPSA) is 6.48 Å². The summed E-state index contributed by atoms with van der Waals surface area (Å²) in [4.78, 5) is 4.89. The summed E-state index contributed by atoms with van der Waals surface area (Å²) < 4.78 is 1.28. The van der Waals surface area contributed by atoms with E-state index in [4.69, 9.17) is 0 Å². The van der Waals surface area contributed by atoms with Crippen LogP contribution in [0.5, 0.6) is 0 Å². The molecule has 284 valence electrons. The minimum absolute atomic E-state index is 1.13. The average Bonchev–Trinajstić information content (AvgIpc) is 3.76. The van der Waals surface area contributed by atoms with Gasteiger partial charge in [-0.3, -0.25) is 0 Å². The van der Waals surface area contributed by atoms with Gasteiger partial charge in [-0.15, -0.1) is 11.3 Å². The summed E-state index contributed by atoms with van der Waals surface area (Å²) in [5, 5.41) is 9.06. The molecule has 4 heteroatoms. The van der Waals surface area contributed by atoms with Crippen molar-refractivity contribution in [1.29, 1.82) is 0 Å². The van der Waals surface area contributed by atoms with Gasteiger partial charge in [-0.1, -0.05) is 182 Å². The zero-order chi connectivity index (χ0) is 39.9. The van der Waals surface area contributed by atoms with E-state index in [1.165, 1.54) is 70.1 Å². The Morgan fingerprint density at radius 1 is 0.383 bits per heavy atom. The maximum Gasteiger partial charge on any atom is 0.184 e. The maximum absolute atomic E-state index is 2.80. The second kappa shape index (κ2) is 15.2. The molecule has 0 saturated carbocycles. The van der Waals surface area contributed by atoms with E-state index < -0.39 is 8.07 Å². The first-order valence-corrected chi connectivity index (χ1v) is 23.4. The molecule has 0 radical (unpaired) electrons. The van der Waals surface area contributed by atoms with E-state index in [9.17, 15) is 0 Å². The smallest absolute Gasteiger partial charge is 0.184 e. The number of benzene rings is 9. The van der Waals surface area contributed by atoms with Gasteiger partial charge in [0.1, 0.15) is 0 Å². The highest BCUT2D eigenvalue weighted by Gasteiger charge is 2.48. The lowest BCUT2D eigenvalue weighted by Gasteiger charge is -2.45. The normalized spacial score (nSPS) is 12.8. The summed E-state index contributed by atoms with van der Waals surface area (Å²) >= 11 is 1.79. The lowest BCUT2D eigenvalue weighted by atomic mass is 10.0. The highest BCUT2D eigenvalue weighted by molar-refractivity contribution is 7.21. The van der Waals surface area contributed by atoms with E-state index in [1.54, 1.807) is 11.3 Å². The summed E-state index contributed by atoms with van der Waals surface area (Å²) in [6, 6.07) is 87.1. The molecule has 0 amide bonds. The van der Waals surface area contributed by atoms with Crippen LogP contribution in [0.1, 0.15) is 0 Å². The number of hydrogen-bond donors (Lipinski definition) is 0. The molecule has 1 aromatic heterocycles. The number of fused-ring (bicyclic) bond motifs is 3. The van der Waals surface area contributed by atoms with Crippen LogP contribution in [0.3, 0.4) is 0 Å². The van der Waals surface area contributed by atoms with Crippen LogP contribution in [0.25, 0.3) is 32.3 Å². The standard InChI is InChI=1S/C56H40N2SSi/c1-5-17-41(18-6-1)42-29-36-47(37-30-42)58-51-26-14-16-28-55(51)60(48-21-9-3-10-22-48,49-23-11-4-12-24-49)56-38-33-44(39-52(56)58)43-31-34-46(35-32-43)57(45-19-7-2-8-20-45)53-40-59-54-27-15-13-25-50(53)54/h1-40H. The number of hydrogen-bond acceptors (Lipinski definition) is 3. The molecule has 9 aromatic carbocycles. The summed E-state index contributed by atoms with van der Waals surface area (Å²) in [5.41, 5.74) is 11.8. The van der Waals surface area contributed by atoms with Crippen molar-refractivity contribution in [3.8, 4) is 22.3 Å². The molecule has 2 heterocycles. The Morgan fingerprint density at radius 3 is 1.58 bits per heavy atom. The molecule has 0 fully saturated rings. The second-order valence-electron chi connectivity index (χ2n) is 15.3. The number of rotatable bonds is 8. The van der Waals surface area contributed by atoms with Crippen molar-refractivity contribution in [3.63, 3.8) is 0 Å². The van der Waals surface area contributed by atoms with Crippen molar-refractivity contribution >= 4 is 84.4 Å². The first-order valence-electron chi connectivity index (χ1n) is 20.5. The van der Waals surface area contributed by atoms with Crippen LogP contribution in [0.2, 0.25) is 0 Å². The minimum atomic E-state index is -2.80. The van der Waals surface area contributed by atoms with Crippen LogP contribution >= 0.6 is 11.3 Å². The average molecular weight is 801 g/mol. The highest BCUT2D eigenvalue weighted by Crippen LogP contribution is 2.44. The van der Waals surface area contributed by atoms with Crippen LogP contribution < -0.4 is 30.5 Å². The third-order valence-electron chi connectivity index (χ3n) is 12.0. The zero-order valence-electron chi connectivity index (χ0n) is 32.9. The van der Waals surface area contributed by atoms with Crippen molar-refractivity contribution in [2.45, 2.75) is 0 Å². The van der Waals surface area contributed by atoms with Gasteiger partial charge in [0.05, 0.1) is 5.69 Å². The molecule has 0 bridgehead atoms. The monoisotopic (exact) mass is 800 g/mol. The molecule has 0 aliphatic carbocycles. The molecule has 0 N–H and O–H groups in total. The van der Waals surface area contributed by atoms with Gasteiger partial charge in [0.25, 0.3) is 0 Å². The van der Waals surface area contributed by atoms with Crippen molar-refractivity contribution < 1.29 is 0 Å². The molecule has 10 aromatic rings. The van der Waals surface area contributed by atoms with E-state index in [0.717, 1.165) is 17.1 Å². The summed E-state index contributed by atoms with van der Waals surface area (Å²) in [5.74, 6) is 0. The quantitative estimate of drug-likeness (QED) is 0.141. The fraction of sp³-hybridized carbons (Fsp3) is 0. The van der Waals surface area contributed by atoms with Gasteiger partial charge in [0.2, 0.25) is 0 Å². The minimum Gasteiger partial charge on any atom is -0.311 e. The first-order chi connectivity index (χ1) is 29.8. The molecule has 1 aliphatic heterocycles. The number of para-hydroxylation sites is 2. The van der Waals surface area contributed by atoms with E-state index in [0.29, 0.717) is 0 Å². The van der Waals surface area contributed by atoms with Gasteiger partial charge in [-0.25, -0.2) is 0 Å². The molecule has 1 aliphatic rings. The molecular formula is C56H40N2SSi. The number of nitrogens with zero attached hydrogens (tertiary/aromatic N) is 2. The van der Waals surface area contributed by atoms with Crippen LogP contribution in [-0.4, -0.2) is 8.07 Å². The van der Waals surface area contributed by atoms with Crippen LogP contribution in [0.15, 0.2) is 242 Å². The van der Waals surface area contributed by atoms with Gasteiger partial charge >= 0.3 is 0 Å². The predicted octanol–water partition coefficient (Wildman–Crippen LogP) is 12.9. The van der Waals surface area contributed by atoms with Gasteiger partial charge in [0.15, 0.2) is 8.07 Å². The number of anilines is 6. The molecular weight excluding hydrogens is 761 g/mol. The van der Waals surface area contributed by atoms with Crippen molar-refractivity contribution in [2.24, 2.45) is 0 Å². The molecule has 0 saturated heterocycles. The fourth-order valence-corrected chi connectivity index (χ4v) is 15.3. The Labute approximate surface area is 356 Å². The highest BCUT2D eigenvalue weighted by atomic mass is 32.1. The molecule has 2 nitrogen and oxygen atoms in total. The van der Waals surface area contributed by atoms with E-state index >= 15 is 0 Å². The molecule has 11 rings (SSSR count). The van der Waals surface area contributed by atoms with E-state index in [2.05, 4.69) is 252 Å². The lowest BCUT2D eigenvalue weighted by molar-refractivity contribution is 1.29. The Morgan fingerprint density at radius 2 is 0.883 bits per heavy atom. The first kappa shape index (κ1) is 35.9. The van der Waals surface area contributed by atoms with Crippen molar-refractivity contribution in [1.82, 2.24) is 0 Å². The SMILES string of the molecule is c1ccc(-c2ccc(N3c4ccccc4[Si](c4ccccc4)(c4ccccc4)c4ccc(-c5ccc(N(c6ccccc6)c6csc7ccccc67)cc5)cc43)cc2)cc1. The van der Waals surface area contributed by atoms with E-state index in [1.807, 2.05) is 0 Å². The summed E-state index contributed by atoms with van der Waals surface area (Å²) in [6.45, 7) is 0. The Bertz CT molecular complexity index is 3030. The summed E-state index contributed by atoms with van der Waals surface area (Å²) in [6.07, 6.45) is 0. The van der Waals surface area contributed by atoms with Gasteiger partial charge in [0, 0.05) is 43.9 Å². The third-order valence-corrected chi connectivity index (χ3v) is 17.8. The maximum atomic E-state index is 2.51. The molecule has 0 unspecified atom stereocenters. The van der Waals surface area contributed by atoms with E-state index in [-0.39, 0.29) is 0 Å². The van der Waals surface area contributed by atoms with Crippen LogP contribution in [0, 0.1) is 0 Å². The predicted molar refractivity (Wildman–Crippen MR) is 259 cm³/mol. The van der Waals surface area contributed by atoms with Gasteiger partial charge < -0.3 is 9.80 Å². The zero-order valence-corrected chi connectivity index (χ0v) is 34.7. The Balaban J connectivity index is 1.10. The fourth-order valence-electron chi connectivity index (χ4n) is 9.29. The Kier molecular flexibility index (Phi) is 9.07. The van der Waals surface area contributed by atoms with Crippen LogP contribution in [-0.2, 0) is 0 Å². The lowest BCUT2D eigenvalue weighted by Crippen LogP contribution is -2.77. The molecule has 0 spiro atoms. The summed E-state index contributed by atoms with van der Waals surface area (Å²) in [7, 11) is -2.80. The van der Waals surface area contributed by atoms with Gasteiger partial charge in [-0.05, 0) is 97.6 Å².